The Kier molecular flexibility index (Phi) is 6.53. The van der Waals surface area contributed by atoms with E-state index in [0.29, 0.717) is 37.0 Å². The zero-order valence-electron chi connectivity index (χ0n) is 15.0. The number of hydrogen-bond acceptors (Lipinski definition) is 4. The molecular weight excluding hydrogens is 302 g/mol. The van der Waals surface area contributed by atoms with Crippen molar-refractivity contribution in [3.8, 4) is 11.4 Å². The van der Waals surface area contributed by atoms with Crippen molar-refractivity contribution in [3.05, 3.63) is 36.2 Å². The molecule has 1 heterocycles. The molecule has 0 saturated heterocycles. The van der Waals surface area contributed by atoms with Crippen molar-refractivity contribution in [1.82, 2.24) is 15.0 Å². The highest BCUT2D eigenvalue weighted by atomic mass is 16.5. The van der Waals surface area contributed by atoms with Gasteiger partial charge in [-0.2, -0.15) is 4.98 Å². The van der Waals surface area contributed by atoms with E-state index >= 15 is 0 Å². The van der Waals surface area contributed by atoms with Crippen LogP contribution in [-0.4, -0.2) is 33.5 Å². The van der Waals surface area contributed by atoms with Gasteiger partial charge in [0.2, 0.25) is 17.6 Å². The average Bonchev–Trinajstić information content (AvgIpc) is 3.04. The second kappa shape index (κ2) is 8.62. The summed E-state index contributed by atoms with van der Waals surface area (Å²) in [5.74, 6) is 1.72. The second-order valence-electron chi connectivity index (χ2n) is 6.57. The average molecular weight is 329 g/mol. The van der Waals surface area contributed by atoms with Crippen LogP contribution < -0.4 is 0 Å². The largest absolute Gasteiger partial charge is 0.339 e. The Hall–Kier alpha value is -2.17. The van der Waals surface area contributed by atoms with Crippen molar-refractivity contribution >= 4 is 5.91 Å². The molecule has 1 unspecified atom stereocenters. The monoisotopic (exact) mass is 329 g/mol. The standard InChI is InChI=1S/C19H27N3O2/c1-5-15(4)22(18(23)13-14(2)3)12-11-17-20-19(21-24-17)16-9-7-6-8-10-16/h6-10,14-15H,5,11-13H2,1-4H3. The molecule has 1 atom stereocenters. The summed E-state index contributed by atoms with van der Waals surface area (Å²) in [5.41, 5.74) is 0.933. The van der Waals surface area contributed by atoms with Gasteiger partial charge >= 0.3 is 0 Å². The molecule has 0 aliphatic carbocycles. The Bertz CT molecular complexity index is 637. The fourth-order valence-corrected chi connectivity index (χ4v) is 2.55. The normalized spacial score (nSPS) is 12.4. The molecule has 0 spiro atoms. The molecule has 24 heavy (non-hydrogen) atoms. The maximum Gasteiger partial charge on any atom is 0.228 e. The Morgan fingerprint density at radius 3 is 2.54 bits per heavy atom. The van der Waals surface area contributed by atoms with Crippen molar-refractivity contribution in [2.45, 2.75) is 53.0 Å². The molecule has 0 saturated carbocycles. The third-order valence-corrected chi connectivity index (χ3v) is 4.09. The predicted molar refractivity (Wildman–Crippen MR) is 94.4 cm³/mol. The maximum atomic E-state index is 12.5. The van der Waals surface area contributed by atoms with Gasteiger partial charge in [-0.1, -0.05) is 56.3 Å². The van der Waals surface area contributed by atoms with E-state index in [1.807, 2.05) is 35.2 Å². The van der Waals surface area contributed by atoms with Crippen molar-refractivity contribution in [2.24, 2.45) is 5.92 Å². The van der Waals surface area contributed by atoms with Crippen LogP contribution in [0.5, 0.6) is 0 Å². The summed E-state index contributed by atoms with van der Waals surface area (Å²) < 4.78 is 5.34. The van der Waals surface area contributed by atoms with Crippen molar-refractivity contribution in [1.29, 1.82) is 0 Å². The van der Waals surface area contributed by atoms with Gasteiger partial charge in [0.1, 0.15) is 0 Å². The Morgan fingerprint density at radius 1 is 1.21 bits per heavy atom. The van der Waals surface area contributed by atoms with E-state index in [1.165, 1.54) is 0 Å². The fourth-order valence-electron chi connectivity index (χ4n) is 2.55. The van der Waals surface area contributed by atoms with Gasteiger partial charge in [0.25, 0.3) is 0 Å². The third kappa shape index (κ3) is 4.91. The highest BCUT2D eigenvalue weighted by Gasteiger charge is 2.20. The minimum absolute atomic E-state index is 0.196. The van der Waals surface area contributed by atoms with Crippen LogP contribution >= 0.6 is 0 Å². The first-order chi connectivity index (χ1) is 11.5. The third-order valence-electron chi connectivity index (χ3n) is 4.09. The molecule has 1 amide bonds. The molecule has 0 fully saturated rings. The molecule has 5 nitrogen and oxygen atoms in total. The van der Waals surface area contributed by atoms with Gasteiger partial charge < -0.3 is 9.42 Å². The minimum atomic E-state index is 0.196. The van der Waals surface area contributed by atoms with E-state index in [-0.39, 0.29) is 11.9 Å². The van der Waals surface area contributed by atoms with Crippen LogP contribution in [0.3, 0.4) is 0 Å². The van der Waals surface area contributed by atoms with Crippen molar-refractivity contribution in [2.75, 3.05) is 6.54 Å². The number of rotatable bonds is 8. The summed E-state index contributed by atoms with van der Waals surface area (Å²) in [4.78, 5) is 18.8. The number of aromatic nitrogens is 2. The van der Waals surface area contributed by atoms with Gasteiger partial charge in [-0.3, -0.25) is 4.79 Å². The molecule has 0 bridgehead atoms. The summed E-state index contributed by atoms with van der Waals surface area (Å²) in [7, 11) is 0. The molecule has 0 radical (unpaired) electrons. The lowest BCUT2D eigenvalue weighted by Gasteiger charge is -2.29. The first kappa shape index (κ1) is 18.2. The lowest BCUT2D eigenvalue weighted by Crippen LogP contribution is -2.40. The molecular formula is C19H27N3O2. The van der Waals surface area contributed by atoms with Crippen molar-refractivity contribution in [3.63, 3.8) is 0 Å². The summed E-state index contributed by atoms with van der Waals surface area (Å²) in [6, 6.07) is 9.96. The number of carbonyl (C=O) groups excluding carboxylic acids is 1. The van der Waals surface area contributed by atoms with Crippen molar-refractivity contribution < 1.29 is 9.32 Å². The van der Waals surface area contributed by atoms with Crippen LogP contribution in [0.4, 0.5) is 0 Å². The molecule has 130 valence electrons. The number of amides is 1. The van der Waals surface area contributed by atoms with E-state index in [2.05, 4.69) is 37.8 Å². The molecule has 0 aliphatic rings. The molecule has 2 aromatic rings. The first-order valence-electron chi connectivity index (χ1n) is 8.68. The Morgan fingerprint density at radius 2 is 1.92 bits per heavy atom. The van der Waals surface area contributed by atoms with Gasteiger partial charge in [-0.15, -0.1) is 0 Å². The topological polar surface area (TPSA) is 59.2 Å². The first-order valence-corrected chi connectivity index (χ1v) is 8.68. The van der Waals surface area contributed by atoms with Crippen LogP contribution in [0.1, 0.15) is 46.4 Å². The van der Waals surface area contributed by atoms with Crippen LogP contribution in [0.15, 0.2) is 34.9 Å². The highest BCUT2D eigenvalue weighted by molar-refractivity contribution is 5.76. The molecule has 0 aliphatic heterocycles. The highest BCUT2D eigenvalue weighted by Crippen LogP contribution is 2.16. The summed E-state index contributed by atoms with van der Waals surface area (Å²) in [6.07, 6.45) is 2.08. The number of benzene rings is 1. The van der Waals surface area contributed by atoms with Gasteiger partial charge in [0.05, 0.1) is 0 Å². The smallest absolute Gasteiger partial charge is 0.228 e. The summed E-state index contributed by atoms with van der Waals surface area (Å²) in [6.45, 7) is 8.92. The molecule has 2 rings (SSSR count). The van der Waals surface area contributed by atoms with Crippen LogP contribution in [0, 0.1) is 5.92 Å². The molecule has 1 aromatic heterocycles. The van der Waals surface area contributed by atoms with Crippen LogP contribution in [-0.2, 0) is 11.2 Å². The van der Waals surface area contributed by atoms with E-state index in [0.717, 1.165) is 12.0 Å². The SMILES string of the molecule is CCC(C)N(CCc1nc(-c2ccccc2)no1)C(=O)CC(C)C. The molecule has 1 aromatic carbocycles. The maximum absolute atomic E-state index is 12.5. The molecule has 5 heteroatoms. The fraction of sp³-hybridized carbons (Fsp3) is 0.526. The minimum Gasteiger partial charge on any atom is -0.339 e. The van der Waals surface area contributed by atoms with Gasteiger partial charge in [0, 0.05) is 31.0 Å². The molecule has 0 N–H and O–H groups in total. The van der Waals surface area contributed by atoms with Crippen LogP contribution in [0.25, 0.3) is 11.4 Å². The number of hydrogen-bond donors (Lipinski definition) is 0. The van der Waals surface area contributed by atoms with E-state index in [4.69, 9.17) is 4.52 Å². The summed E-state index contributed by atoms with van der Waals surface area (Å²) >= 11 is 0. The van der Waals surface area contributed by atoms with Gasteiger partial charge in [-0.05, 0) is 19.3 Å². The number of nitrogens with zero attached hydrogens (tertiary/aromatic N) is 3. The lowest BCUT2D eigenvalue weighted by atomic mass is 10.1. The zero-order valence-corrected chi connectivity index (χ0v) is 15.0. The summed E-state index contributed by atoms with van der Waals surface area (Å²) in [5, 5.41) is 4.03. The van der Waals surface area contributed by atoms with E-state index in [1.54, 1.807) is 0 Å². The predicted octanol–water partition coefficient (Wildman–Crippen LogP) is 3.95. The van der Waals surface area contributed by atoms with E-state index < -0.39 is 0 Å². The second-order valence-corrected chi connectivity index (χ2v) is 6.57. The van der Waals surface area contributed by atoms with E-state index in [9.17, 15) is 4.79 Å². The Balaban J connectivity index is 2.01. The quantitative estimate of drug-likeness (QED) is 0.735. The zero-order chi connectivity index (χ0) is 17.5. The van der Waals surface area contributed by atoms with Gasteiger partial charge in [0.15, 0.2) is 0 Å². The lowest BCUT2D eigenvalue weighted by molar-refractivity contribution is -0.134. The van der Waals surface area contributed by atoms with Crippen LogP contribution in [0.2, 0.25) is 0 Å². The number of carbonyl (C=O) groups is 1. The Labute approximate surface area is 144 Å². The van der Waals surface area contributed by atoms with Gasteiger partial charge in [-0.25, -0.2) is 0 Å².